The van der Waals surface area contributed by atoms with E-state index in [4.69, 9.17) is 0 Å². The highest BCUT2D eigenvalue weighted by Crippen LogP contribution is 2.16. The number of nitrogens with one attached hydrogen (secondary N) is 3. The molecule has 0 saturated heterocycles. The van der Waals surface area contributed by atoms with Crippen molar-refractivity contribution in [2.24, 2.45) is 0 Å². The lowest BCUT2D eigenvalue weighted by Crippen LogP contribution is -2.26. The number of hydrogen-bond acceptors (Lipinski definition) is 5. The summed E-state index contributed by atoms with van der Waals surface area (Å²) in [4.78, 5) is 19.9. The Morgan fingerprint density at radius 3 is 3.00 bits per heavy atom. The van der Waals surface area contributed by atoms with E-state index in [2.05, 4.69) is 32.8 Å². The Hall–Kier alpha value is -2.31. The van der Waals surface area contributed by atoms with Crippen molar-refractivity contribution >= 4 is 23.2 Å². The fourth-order valence-corrected chi connectivity index (χ4v) is 1.64. The van der Waals surface area contributed by atoms with Gasteiger partial charge in [-0.1, -0.05) is 6.92 Å². The van der Waals surface area contributed by atoms with Gasteiger partial charge in [0.05, 0.1) is 12.7 Å². The van der Waals surface area contributed by atoms with Crippen molar-refractivity contribution in [3.8, 4) is 0 Å². The number of carbonyl (C=O) groups excluding carboxylic acids is 1. The van der Waals surface area contributed by atoms with Gasteiger partial charge in [0.2, 0.25) is 5.91 Å². The van der Waals surface area contributed by atoms with Crippen LogP contribution in [0.25, 0.3) is 5.65 Å². The molecule has 2 aromatic heterocycles. The first-order valence-electron chi connectivity index (χ1n) is 6.26. The summed E-state index contributed by atoms with van der Waals surface area (Å²) >= 11 is 0. The minimum absolute atomic E-state index is 0.0987. The molecule has 0 saturated carbocycles. The number of aromatic nitrogens is 3. The van der Waals surface area contributed by atoms with Crippen molar-refractivity contribution in [1.82, 2.24) is 19.7 Å². The van der Waals surface area contributed by atoms with E-state index in [0.717, 1.165) is 18.8 Å². The van der Waals surface area contributed by atoms with Crippen LogP contribution in [0.15, 0.2) is 18.6 Å². The molecule has 2 aromatic rings. The number of rotatable bonds is 6. The zero-order chi connectivity index (χ0) is 13.7. The molecule has 0 atom stereocenters. The normalized spacial score (nSPS) is 10.4. The van der Waals surface area contributed by atoms with Crippen molar-refractivity contribution in [2.75, 3.05) is 30.8 Å². The highest BCUT2D eigenvalue weighted by Gasteiger charge is 2.08. The Morgan fingerprint density at radius 2 is 2.26 bits per heavy atom. The number of imidazole rings is 1. The first-order chi connectivity index (χ1) is 9.24. The molecule has 0 aliphatic heterocycles. The van der Waals surface area contributed by atoms with Crippen LogP contribution in [0.1, 0.15) is 13.3 Å². The molecule has 19 heavy (non-hydrogen) atoms. The van der Waals surface area contributed by atoms with Crippen molar-refractivity contribution in [3.05, 3.63) is 18.6 Å². The molecule has 2 rings (SSSR count). The topological polar surface area (TPSA) is 83.3 Å². The standard InChI is InChI=1S/C12H18N6O/c1-3-4-14-9-8-18-6-5-15-12(18)11(17-9)16-7-10(19)13-2/h5-6,8,14H,3-4,7H2,1-2H3,(H,13,19)(H,16,17). The molecule has 2 heterocycles. The zero-order valence-electron chi connectivity index (χ0n) is 11.1. The average Bonchev–Trinajstić information content (AvgIpc) is 2.90. The van der Waals surface area contributed by atoms with Crippen molar-refractivity contribution < 1.29 is 4.79 Å². The molecule has 7 heteroatoms. The molecule has 0 aliphatic carbocycles. The Morgan fingerprint density at radius 1 is 1.42 bits per heavy atom. The fraction of sp³-hybridized carbons (Fsp3) is 0.417. The second kappa shape index (κ2) is 6.03. The monoisotopic (exact) mass is 262 g/mol. The van der Waals surface area contributed by atoms with Crippen LogP contribution in [0.5, 0.6) is 0 Å². The number of likely N-dealkylation sites (N-methyl/N-ethyl adjacent to an activating group) is 1. The summed E-state index contributed by atoms with van der Waals surface area (Å²) in [5.41, 5.74) is 0.700. The van der Waals surface area contributed by atoms with Gasteiger partial charge in [0.15, 0.2) is 11.5 Å². The Kier molecular flexibility index (Phi) is 4.17. The molecule has 0 unspecified atom stereocenters. The minimum Gasteiger partial charge on any atom is -0.369 e. The third-order valence-electron chi connectivity index (χ3n) is 2.63. The molecular weight excluding hydrogens is 244 g/mol. The second-order valence-electron chi connectivity index (χ2n) is 4.09. The van der Waals surface area contributed by atoms with Gasteiger partial charge in [-0.05, 0) is 6.42 Å². The van der Waals surface area contributed by atoms with E-state index < -0.39 is 0 Å². The van der Waals surface area contributed by atoms with E-state index in [0.29, 0.717) is 11.5 Å². The Balaban J connectivity index is 2.23. The van der Waals surface area contributed by atoms with Crippen LogP contribution in [-0.4, -0.2) is 40.4 Å². The molecule has 1 amide bonds. The summed E-state index contributed by atoms with van der Waals surface area (Å²) < 4.78 is 1.87. The van der Waals surface area contributed by atoms with Gasteiger partial charge in [0.1, 0.15) is 5.82 Å². The lowest BCUT2D eigenvalue weighted by Gasteiger charge is -2.10. The largest absolute Gasteiger partial charge is 0.369 e. The van der Waals surface area contributed by atoms with Crippen LogP contribution < -0.4 is 16.0 Å². The number of anilines is 2. The van der Waals surface area contributed by atoms with E-state index in [1.165, 1.54) is 0 Å². The fourth-order valence-electron chi connectivity index (χ4n) is 1.64. The second-order valence-corrected chi connectivity index (χ2v) is 4.09. The maximum atomic E-state index is 11.3. The molecule has 7 nitrogen and oxygen atoms in total. The summed E-state index contributed by atoms with van der Waals surface area (Å²) in [6.45, 7) is 3.11. The highest BCUT2D eigenvalue weighted by atomic mass is 16.1. The zero-order valence-corrected chi connectivity index (χ0v) is 11.1. The maximum absolute atomic E-state index is 11.3. The van der Waals surface area contributed by atoms with Crippen LogP contribution >= 0.6 is 0 Å². The van der Waals surface area contributed by atoms with Gasteiger partial charge in [-0.25, -0.2) is 9.97 Å². The van der Waals surface area contributed by atoms with E-state index in [1.54, 1.807) is 13.2 Å². The molecule has 0 spiro atoms. The van der Waals surface area contributed by atoms with Crippen LogP contribution in [0.4, 0.5) is 11.6 Å². The number of amides is 1. The van der Waals surface area contributed by atoms with Gasteiger partial charge in [-0.15, -0.1) is 0 Å². The number of nitrogens with zero attached hydrogens (tertiary/aromatic N) is 3. The summed E-state index contributed by atoms with van der Waals surface area (Å²) in [5, 5.41) is 8.77. The molecule has 0 radical (unpaired) electrons. The van der Waals surface area contributed by atoms with Crippen LogP contribution in [0.3, 0.4) is 0 Å². The van der Waals surface area contributed by atoms with E-state index in [9.17, 15) is 4.79 Å². The van der Waals surface area contributed by atoms with Gasteiger partial charge in [0, 0.05) is 26.0 Å². The van der Waals surface area contributed by atoms with Crippen LogP contribution in [0, 0.1) is 0 Å². The molecule has 0 aromatic carbocycles. The first kappa shape index (κ1) is 13.1. The van der Waals surface area contributed by atoms with Crippen LogP contribution in [-0.2, 0) is 4.79 Å². The van der Waals surface area contributed by atoms with E-state index >= 15 is 0 Å². The predicted molar refractivity (Wildman–Crippen MR) is 74.3 cm³/mol. The van der Waals surface area contributed by atoms with Crippen molar-refractivity contribution in [3.63, 3.8) is 0 Å². The summed E-state index contributed by atoms with van der Waals surface area (Å²) in [6.07, 6.45) is 6.44. The van der Waals surface area contributed by atoms with Crippen LogP contribution in [0.2, 0.25) is 0 Å². The quantitative estimate of drug-likeness (QED) is 0.714. The van der Waals surface area contributed by atoms with Crippen molar-refractivity contribution in [2.45, 2.75) is 13.3 Å². The summed E-state index contributed by atoms with van der Waals surface area (Å²) in [7, 11) is 1.60. The summed E-state index contributed by atoms with van der Waals surface area (Å²) in [5.74, 6) is 1.25. The molecule has 0 fully saturated rings. The van der Waals surface area contributed by atoms with E-state index in [-0.39, 0.29) is 12.5 Å². The van der Waals surface area contributed by atoms with Gasteiger partial charge in [-0.3, -0.25) is 4.79 Å². The number of carbonyl (C=O) groups is 1. The summed E-state index contributed by atoms with van der Waals surface area (Å²) in [6, 6.07) is 0. The third kappa shape index (κ3) is 3.12. The van der Waals surface area contributed by atoms with Gasteiger partial charge < -0.3 is 20.4 Å². The molecular formula is C12H18N6O. The number of fused-ring (bicyclic) bond motifs is 1. The minimum atomic E-state index is -0.0987. The Bertz CT molecular complexity index is 564. The highest BCUT2D eigenvalue weighted by molar-refractivity contribution is 5.81. The van der Waals surface area contributed by atoms with E-state index in [1.807, 2.05) is 16.8 Å². The predicted octanol–water partition coefficient (Wildman–Crippen LogP) is 0.709. The molecule has 0 bridgehead atoms. The van der Waals surface area contributed by atoms with Gasteiger partial charge in [-0.2, -0.15) is 0 Å². The maximum Gasteiger partial charge on any atom is 0.239 e. The van der Waals surface area contributed by atoms with Gasteiger partial charge >= 0.3 is 0 Å². The molecule has 0 aliphatic rings. The van der Waals surface area contributed by atoms with Gasteiger partial charge in [0.25, 0.3) is 0 Å². The lowest BCUT2D eigenvalue weighted by atomic mass is 10.4. The Labute approximate surface area is 111 Å². The smallest absolute Gasteiger partial charge is 0.239 e. The number of hydrogen-bond donors (Lipinski definition) is 3. The average molecular weight is 262 g/mol. The molecule has 3 N–H and O–H groups in total. The third-order valence-corrected chi connectivity index (χ3v) is 2.63. The van der Waals surface area contributed by atoms with Crippen molar-refractivity contribution in [1.29, 1.82) is 0 Å². The first-order valence-corrected chi connectivity index (χ1v) is 6.26. The SMILES string of the molecule is CCCNc1cn2ccnc2c(NCC(=O)NC)n1. The molecule has 102 valence electrons. The lowest BCUT2D eigenvalue weighted by molar-refractivity contribution is -0.118.